The Morgan fingerprint density at radius 3 is 2.20 bits per heavy atom. The van der Waals surface area contributed by atoms with Crippen LogP contribution >= 0.6 is 0 Å². The zero-order chi connectivity index (χ0) is 18.7. The van der Waals surface area contributed by atoms with E-state index in [0.29, 0.717) is 12.0 Å². The molecule has 0 amide bonds. The fourth-order valence-corrected chi connectivity index (χ4v) is 3.31. The molecule has 0 bridgehead atoms. The molecular formula is C21H34F2O2. The summed E-state index contributed by atoms with van der Waals surface area (Å²) < 4.78 is 38.2. The predicted molar refractivity (Wildman–Crippen MR) is 98.6 cm³/mol. The third kappa shape index (κ3) is 7.41. The summed E-state index contributed by atoms with van der Waals surface area (Å²) in [6, 6.07) is 3.79. The quantitative estimate of drug-likeness (QED) is 0.306. The second-order valence-corrected chi connectivity index (χ2v) is 6.95. The molecule has 0 radical (unpaired) electrons. The Hall–Kier alpha value is -1.00. The molecule has 1 rings (SSSR count). The van der Waals surface area contributed by atoms with Gasteiger partial charge in [-0.15, -0.1) is 0 Å². The van der Waals surface area contributed by atoms with Crippen LogP contribution < -0.4 is 0 Å². The maximum Gasteiger partial charge on any atom is 0.167 e. The van der Waals surface area contributed by atoms with E-state index in [9.17, 15) is 8.78 Å². The Balaban J connectivity index is 2.61. The van der Waals surface area contributed by atoms with Gasteiger partial charge in [-0.3, -0.25) is 0 Å². The van der Waals surface area contributed by atoms with Crippen molar-refractivity contribution in [3.05, 3.63) is 35.4 Å². The van der Waals surface area contributed by atoms with Crippen LogP contribution in [0.1, 0.15) is 70.8 Å². The van der Waals surface area contributed by atoms with Crippen LogP contribution in [0.4, 0.5) is 8.78 Å². The lowest BCUT2D eigenvalue weighted by atomic mass is 9.87. The van der Waals surface area contributed by atoms with Crippen molar-refractivity contribution < 1.29 is 18.3 Å². The number of ether oxygens (including phenoxy) is 2. The van der Waals surface area contributed by atoms with E-state index in [1.165, 1.54) is 44.2 Å². The summed E-state index contributed by atoms with van der Waals surface area (Å²) in [7, 11) is 3.30. The van der Waals surface area contributed by atoms with Crippen molar-refractivity contribution in [2.24, 2.45) is 5.92 Å². The van der Waals surface area contributed by atoms with Crippen molar-refractivity contribution in [1.29, 1.82) is 0 Å². The number of hydrogen-bond acceptors (Lipinski definition) is 2. The number of hydrogen-bond donors (Lipinski definition) is 0. The molecule has 25 heavy (non-hydrogen) atoms. The van der Waals surface area contributed by atoms with E-state index in [0.717, 1.165) is 25.3 Å². The molecule has 0 saturated heterocycles. The van der Waals surface area contributed by atoms with Gasteiger partial charge in [-0.05, 0) is 37.8 Å². The molecule has 0 fully saturated rings. The third-order valence-corrected chi connectivity index (χ3v) is 5.24. The topological polar surface area (TPSA) is 18.5 Å². The third-order valence-electron chi connectivity index (χ3n) is 5.24. The van der Waals surface area contributed by atoms with E-state index >= 15 is 0 Å². The number of unbranched alkanes of at least 4 members (excludes halogenated alkanes) is 5. The number of aryl methyl sites for hydroxylation is 1. The van der Waals surface area contributed by atoms with Gasteiger partial charge in [0.2, 0.25) is 0 Å². The average Bonchev–Trinajstić information content (AvgIpc) is 2.61. The Bertz CT molecular complexity index is 487. The van der Waals surface area contributed by atoms with Gasteiger partial charge in [0.05, 0.1) is 0 Å². The van der Waals surface area contributed by atoms with Crippen molar-refractivity contribution in [2.75, 3.05) is 14.2 Å². The first-order chi connectivity index (χ1) is 12.0. The molecule has 1 unspecified atom stereocenters. The first kappa shape index (κ1) is 22.0. The van der Waals surface area contributed by atoms with Crippen LogP contribution in [0.25, 0.3) is 0 Å². The summed E-state index contributed by atoms with van der Waals surface area (Å²) >= 11 is 0. The smallest absolute Gasteiger partial charge is 0.167 e. The first-order valence-corrected chi connectivity index (χ1v) is 9.51. The molecule has 144 valence electrons. The van der Waals surface area contributed by atoms with Crippen LogP contribution in [0.3, 0.4) is 0 Å². The molecule has 1 aromatic carbocycles. The summed E-state index contributed by atoms with van der Waals surface area (Å²) in [6.07, 6.45) is 9.67. The highest BCUT2D eigenvalue weighted by Crippen LogP contribution is 2.31. The van der Waals surface area contributed by atoms with Gasteiger partial charge >= 0.3 is 0 Å². The molecule has 0 spiro atoms. The fraction of sp³-hybridized carbons (Fsp3) is 0.714. The van der Waals surface area contributed by atoms with E-state index in [-0.39, 0.29) is 5.92 Å². The maximum atomic E-state index is 13.9. The minimum absolute atomic E-state index is 0.165. The summed E-state index contributed by atoms with van der Waals surface area (Å²) in [5.41, 5.74) is 0.545. The Labute approximate surface area is 151 Å². The molecule has 1 aromatic rings. The van der Waals surface area contributed by atoms with Gasteiger partial charge in [-0.1, -0.05) is 51.5 Å². The first-order valence-electron chi connectivity index (χ1n) is 9.51. The monoisotopic (exact) mass is 356 g/mol. The van der Waals surface area contributed by atoms with Crippen LogP contribution in [0.15, 0.2) is 18.2 Å². The summed E-state index contributed by atoms with van der Waals surface area (Å²) in [4.78, 5) is 0. The summed E-state index contributed by atoms with van der Waals surface area (Å²) in [6.45, 7) is 4.16. The summed E-state index contributed by atoms with van der Waals surface area (Å²) in [5.74, 6) is -1.53. The summed E-state index contributed by atoms with van der Waals surface area (Å²) in [5, 5.41) is 0. The number of halogens is 2. The molecule has 1 atom stereocenters. The standard InChI is InChI=1S/C21H34F2O2/c1-5-6-7-8-9-10-11-18(21(2,24-3)25-4)14-12-17-13-15-19(22)16-20(17)23/h13,15-16,18H,5-12,14H2,1-4H3. The minimum Gasteiger partial charge on any atom is -0.353 e. The van der Waals surface area contributed by atoms with Crippen LogP contribution in [0.5, 0.6) is 0 Å². The molecular weight excluding hydrogens is 322 g/mol. The number of benzene rings is 1. The molecule has 4 heteroatoms. The highest BCUT2D eigenvalue weighted by molar-refractivity contribution is 5.18. The van der Waals surface area contributed by atoms with Gasteiger partial charge in [0, 0.05) is 26.2 Å². The molecule has 0 heterocycles. The number of rotatable bonds is 13. The Morgan fingerprint density at radius 2 is 1.60 bits per heavy atom. The predicted octanol–water partition coefficient (Wildman–Crippen LogP) is 6.27. The lowest BCUT2D eigenvalue weighted by molar-refractivity contribution is -0.229. The average molecular weight is 356 g/mol. The highest BCUT2D eigenvalue weighted by atomic mass is 19.1. The second-order valence-electron chi connectivity index (χ2n) is 6.95. The largest absolute Gasteiger partial charge is 0.353 e. The van der Waals surface area contributed by atoms with Crippen LogP contribution in [0.2, 0.25) is 0 Å². The normalized spacial score (nSPS) is 13.2. The Morgan fingerprint density at radius 1 is 0.960 bits per heavy atom. The molecule has 2 nitrogen and oxygen atoms in total. The zero-order valence-electron chi connectivity index (χ0n) is 16.2. The van der Waals surface area contributed by atoms with Gasteiger partial charge in [-0.2, -0.15) is 0 Å². The number of methoxy groups -OCH3 is 2. The minimum atomic E-state index is -0.681. The van der Waals surface area contributed by atoms with E-state index in [1.807, 2.05) is 6.92 Å². The van der Waals surface area contributed by atoms with Crippen molar-refractivity contribution in [3.8, 4) is 0 Å². The van der Waals surface area contributed by atoms with Crippen molar-refractivity contribution in [3.63, 3.8) is 0 Å². The van der Waals surface area contributed by atoms with E-state index < -0.39 is 17.4 Å². The second kappa shape index (κ2) is 11.6. The lowest BCUT2D eigenvalue weighted by Crippen LogP contribution is -2.39. The van der Waals surface area contributed by atoms with Crippen LogP contribution in [-0.4, -0.2) is 20.0 Å². The highest BCUT2D eigenvalue weighted by Gasteiger charge is 2.33. The molecule has 0 aliphatic carbocycles. The van der Waals surface area contributed by atoms with Gasteiger partial charge in [0.25, 0.3) is 0 Å². The van der Waals surface area contributed by atoms with Crippen molar-refractivity contribution in [1.82, 2.24) is 0 Å². The van der Waals surface area contributed by atoms with Gasteiger partial charge in [0.1, 0.15) is 11.6 Å². The Kier molecular flexibility index (Phi) is 10.2. The van der Waals surface area contributed by atoms with Crippen molar-refractivity contribution >= 4 is 0 Å². The maximum absolute atomic E-state index is 13.9. The van der Waals surface area contributed by atoms with E-state index in [2.05, 4.69) is 6.92 Å². The lowest BCUT2D eigenvalue weighted by Gasteiger charge is -2.35. The molecule has 0 aliphatic heterocycles. The van der Waals surface area contributed by atoms with E-state index in [1.54, 1.807) is 14.2 Å². The SMILES string of the molecule is CCCCCCCCC(CCc1ccc(F)cc1F)C(C)(OC)OC. The molecule has 0 aliphatic rings. The fourth-order valence-electron chi connectivity index (χ4n) is 3.31. The van der Waals surface area contributed by atoms with E-state index in [4.69, 9.17) is 9.47 Å². The van der Waals surface area contributed by atoms with Gasteiger partial charge in [0.15, 0.2) is 5.79 Å². The zero-order valence-corrected chi connectivity index (χ0v) is 16.2. The van der Waals surface area contributed by atoms with Crippen molar-refractivity contribution in [2.45, 2.75) is 77.4 Å². The van der Waals surface area contributed by atoms with Crippen LogP contribution in [0, 0.1) is 17.6 Å². The molecule has 0 saturated carbocycles. The van der Waals surface area contributed by atoms with Gasteiger partial charge in [-0.25, -0.2) is 8.78 Å². The molecule has 0 aromatic heterocycles. The van der Waals surface area contributed by atoms with Crippen LogP contribution in [-0.2, 0) is 15.9 Å². The van der Waals surface area contributed by atoms with Gasteiger partial charge < -0.3 is 9.47 Å². The molecule has 0 N–H and O–H groups in total.